The van der Waals surface area contributed by atoms with E-state index >= 15 is 0 Å². The fourth-order valence-electron chi connectivity index (χ4n) is 5.07. The largest absolute Gasteiger partial charge is 0.327 e. The molecule has 12 heteroatoms. The lowest BCUT2D eigenvalue weighted by molar-refractivity contribution is 0.101. The van der Waals surface area contributed by atoms with Crippen molar-refractivity contribution < 1.29 is 9.59 Å². The van der Waals surface area contributed by atoms with Crippen molar-refractivity contribution in [1.82, 2.24) is 25.2 Å². The Bertz CT molecular complexity index is 1680. The van der Waals surface area contributed by atoms with Crippen molar-refractivity contribution >= 4 is 46.1 Å². The minimum absolute atomic E-state index is 0.252. The van der Waals surface area contributed by atoms with Gasteiger partial charge in [0.05, 0.1) is 33.3 Å². The molecular formula is C28H25ClN8O2S. The Hall–Kier alpha value is -4.08. The number of amides is 2. The van der Waals surface area contributed by atoms with Gasteiger partial charge in [-0.3, -0.25) is 9.59 Å². The van der Waals surface area contributed by atoms with Crippen LogP contribution in [0, 0.1) is 11.3 Å². The third kappa shape index (κ3) is 4.76. The number of aromatic nitrogens is 3. The highest BCUT2D eigenvalue weighted by Crippen LogP contribution is 2.38. The van der Waals surface area contributed by atoms with Crippen LogP contribution in [0.3, 0.4) is 0 Å². The maximum Gasteiger partial charge on any atom is 0.291 e. The van der Waals surface area contributed by atoms with Crippen LogP contribution in [0.1, 0.15) is 47.9 Å². The summed E-state index contributed by atoms with van der Waals surface area (Å²) in [6.07, 6.45) is 1.58. The van der Waals surface area contributed by atoms with E-state index in [4.69, 9.17) is 11.6 Å². The van der Waals surface area contributed by atoms with Gasteiger partial charge in [0.25, 0.3) is 11.8 Å². The van der Waals surface area contributed by atoms with Crippen molar-refractivity contribution in [1.29, 1.82) is 5.26 Å². The average Bonchev–Trinajstić information content (AvgIpc) is 3.56. The number of fused-ring (bicyclic) bond motifs is 2. The number of carbonyl (C=O) groups is 2. The number of hydrogen-bond donors (Lipinski definition) is 4. The zero-order chi connectivity index (χ0) is 27.8. The number of anilines is 2. The van der Waals surface area contributed by atoms with Gasteiger partial charge in [0.1, 0.15) is 6.07 Å². The molecular weight excluding hydrogens is 548 g/mol. The van der Waals surface area contributed by atoms with E-state index in [1.807, 2.05) is 7.05 Å². The molecule has 202 valence electrons. The zero-order valence-corrected chi connectivity index (χ0v) is 23.2. The van der Waals surface area contributed by atoms with Crippen molar-refractivity contribution in [2.75, 3.05) is 23.7 Å². The van der Waals surface area contributed by atoms with E-state index in [1.165, 1.54) is 11.3 Å². The van der Waals surface area contributed by atoms with E-state index in [2.05, 4.69) is 37.3 Å². The molecule has 0 spiro atoms. The van der Waals surface area contributed by atoms with Crippen LogP contribution in [0.25, 0.3) is 11.1 Å². The second kappa shape index (κ2) is 10.8. The van der Waals surface area contributed by atoms with Gasteiger partial charge >= 0.3 is 0 Å². The summed E-state index contributed by atoms with van der Waals surface area (Å²) in [4.78, 5) is 36.3. The lowest BCUT2D eigenvalue weighted by atomic mass is 9.98. The molecule has 0 fully saturated rings. The Morgan fingerprint density at radius 3 is 2.48 bits per heavy atom. The second-order valence-electron chi connectivity index (χ2n) is 9.55. The van der Waals surface area contributed by atoms with E-state index in [1.54, 1.807) is 41.0 Å². The van der Waals surface area contributed by atoms with Crippen molar-refractivity contribution in [2.24, 2.45) is 7.05 Å². The molecule has 40 heavy (non-hydrogen) atoms. The predicted octanol–water partition coefficient (Wildman–Crippen LogP) is 3.86. The van der Waals surface area contributed by atoms with Crippen LogP contribution in [0.5, 0.6) is 0 Å². The van der Waals surface area contributed by atoms with Gasteiger partial charge < -0.3 is 25.8 Å². The SMILES string of the molecule is Cn1c(C(=O)Nc2cccc(-c3cccc(NC(=O)c4nc5c(s4)CNCC5)c3Cl)c2C#N)nc2c1CCNC2. The number of nitrogens with zero attached hydrogens (tertiary/aromatic N) is 4. The number of halogens is 1. The average molecular weight is 573 g/mol. The van der Waals surface area contributed by atoms with E-state index in [9.17, 15) is 14.9 Å². The van der Waals surface area contributed by atoms with Crippen LogP contribution in [0.4, 0.5) is 11.4 Å². The molecule has 2 aromatic heterocycles. The van der Waals surface area contributed by atoms with Crippen LogP contribution in [0.15, 0.2) is 36.4 Å². The summed E-state index contributed by atoms with van der Waals surface area (Å²) in [7, 11) is 1.82. The number of imidazole rings is 1. The van der Waals surface area contributed by atoms with Crippen LogP contribution < -0.4 is 21.3 Å². The third-order valence-corrected chi connectivity index (χ3v) is 8.59. The smallest absolute Gasteiger partial charge is 0.291 e. The van der Waals surface area contributed by atoms with Crippen molar-refractivity contribution in [3.63, 3.8) is 0 Å². The molecule has 2 aromatic carbocycles. The predicted molar refractivity (Wildman–Crippen MR) is 154 cm³/mol. The zero-order valence-electron chi connectivity index (χ0n) is 21.6. The Balaban J connectivity index is 1.28. The monoisotopic (exact) mass is 572 g/mol. The molecule has 4 heterocycles. The van der Waals surface area contributed by atoms with Crippen LogP contribution in [-0.4, -0.2) is 39.4 Å². The number of nitriles is 1. The molecule has 2 aliphatic rings. The van der Waals surface area contributed by atoms with E-state index in [-0.39, 0.29) is 22.3 Å². The standard InChI is InChI=1S/C28H25ClN8O2S/c1-37-22-9-11-31-13-21(22)33-25(37)26(38)34-18-6-2-4-15(17(18)12-30)16-5-3-7-20(24(16)29)35-27(39)28-36-19-8-10-32-14-23(19)40-28/h2-7,31-32H,8-11,13-14H2,1H3,(H,34,38)(H,35,39). The number of rotatable bonds is 5. The first kappa shape index (κ1) is 26.2. The van der Waals surface area contributed by atoms with Crippen molar-refractivity contribution in [2.45, 2.75) is 25.9 Å². The van der Waals surface area contributed by atoms with Gasteiger partial charge in [-0.25, -0.2) is 9.97 Å². The van der Waals surface area contributed by atoms with Gasteiger partial charge in [0.15, 0.2) is 10.8 Å². The summed E-state index contributed by atoms with van der Waals surface area (Å²) >= 11 is 8.15. The maximum atomic E-state index is 13.2. The van der Waals surface area contributed by atoms with Crippen molar-refractivity contribution in [3.05, 3.63) is 79.8 Å². The minimum atomic E-state index is -0.404. The first-order valence-corrected chi connectivity index (χ1v) is 14.0. The summed E-state index contributed by atoms with van der Waals surface area (Å²) in [6, 6.07) is 12.6. The van der Waals surface area contributed by atoms with Gasteiger partial charge in [-0.2, -0.15) is 5.26 Å². The Morgan fingerprint density at radius 2 is 1.70 bits per heavy atom. The molecule has 0 bridgehead atoms. The van der Waals surface area contributed by atoms with E-state index < -0.39 is 5.91 Å². The maximum absolute atomic E-state index is 13.2. The Kier molecular flexibility index (Phi) is 7.08. The van der Waals surface area contributed by atoms with Gasteiger partial charge in [0, 0.05) is 67.8 Å². The topological polar surface area (TPSA) is 137 Å². The molecule has 2 aliphatic heterocycles. The number of hydrogen-bond acceptors (Lipinski definition) is 8. The molecule has 0 radical (unpaired) electrons. The van der Waals surface area contributed by atoms with Gasteiger partial charge in [-0.1, -0.05) is 35.9 Å². The van der Waals surface area contributed by atoms with Gasteiger partial charge in [-0.15, -0.1) is 11.3 Å². The van der Waals surface area contributed by atoms with E-state index in [0.29, 0.717) is 40.6 Å². The summed E-state index contributed by atoms with van der Waals surface area (Å²) in [5.41, 5.74) is 4.91. The lowest BCUT2D eigenvalue weighted by Gasteiger charge is -2.14. The Labute approximate surface area is 239 Å². The summed E-state index contributed by atoms with van der Waals surface area (Å²) < 4.78 is 1.81. The molecule has 0 aliphatic carbocycles. The summed E-state index contributed by atoms with van der Waals surface area (Å²) in [6.45, 7) is 2.99. The first-order valence-electron chi connectivity index (χ1n) is 12.8. The summed E-state index contributed by atoms with van der Waals surface area (Å²) in [5, 5.41) is 23.0. The number of thiazole rings is 1. The fourth-order valence-corrected chi connectivity index (χ4v) is 6.32. The fraction of sp³-hybridized carbons (Fsp3) is 0.250. The van der Waals surface area contributed by atoms with Crippen LogP contribution in [-0.2, 0) is 33.0 Å². The highest BCUT2D eigenvalue weighted by atomic mass is 35.5. The molecule has 4 N–H and O–H groups in total. The van der Waals surface area contributed by atoms with Crippen LogP contribution in [0.2, 0.25) is 5.02 Å². The molecule has 0 saturated carbocycles. The molecule has 6 rings (SSSR count). The minimum Gasteiger partial charge on any atom is -0.327 e. The van der Waals surface area contributed by atoms with E-state index in [0.717, 1.165) is 47.9 Å². The molecule has 2 amide bonds. The van der Waals surface area contributed by atoms with Gasteiger partial charge in [0.2, 0.25) is 0 Å². The highest BCUT2D eigenvalue weighted by Gasteiger charge is 2.24. The highest BCUT2D eigenvalue weighted by molar-refractivity contribution is 7.13. The molecule has 0 atom stereocenters. The second-order valence-corrected chi connectivity index (χ2v) is 11.0. The molecule has 0 saturated heterocycles. The molecule has 4 aromatic rings. The number of benzene rings is 2. The summed E-state index contributed by atoms with van der Waals surface area (Å²) in [5.74, 6) is -0.461. The van der Waals surface area contributed by atoms with Crippen LogP contribution >= 0.6 is 22.9 Å². The molecule has 0 unspecified atom stereocenters. The number of nitrogens with one attached hydrogen (secondary N) is 4. The number of carbonyl (C=O) groups excluding carboxylic acids is 2. The van der Waals surface area contributed by atoms with Crippen molar-refractivity contribution in [3.8, 4) is 17.2 Å². The normalized spacial score (nSPS) is 14.1. The lowest BCUT2D eigenvalue weighted by Crippen LogP contribution is -2.24. The first-order chi connectivity index (χ1) is 19.4. The Morgan fingerprint density at radius 1 is 0.975 bits per heavy atom. The van der Waals surface area contributed by atoms with Gasteiger partial charge in [-0.05, 0) is 12.1 Å². The third-order valence-electron chi connectivity index (χ3n) is 7.09. The quantitative estimate of drug-likeness (QED) is 0.285. The molecule has 10 nitrogen and oxygen atoms in total.